The Morgan fingerprint density at radius 2 is 1.60 bits per heavy atom. The molecule has 2 N–H and O–H groups in total. The number of nitrogens with two attached hydrogens (primary N) is 1. The molecule has 0 atom stereocenters. The monoisotopic (exact) mass is 244 g/mol. The molecule has 1 aliphatic carbocycles. The van der Waals surface area contributed by atoms with Gasteiger partial charge in [-0.3, -0.25) is 4.98 Å². The van der Waals surface area contributed by atoms with Crippen molar-refractivity contribution in [2.45, 2.75) is 37.6 Å². The largest absolute Gasteiger partial charge is 0.321 e. The first kappa shape index (κ1) is 11.2. The molecule has 1 fully saturated rings. The predicted octanol–water partition coefficient (Wildman–Crippen LogP) is 3.51. The van der Waals surface area contributed by atoms with Crippen molar-refractivity contribution in [2.24, 2.45) is 5.73 Å². The quantitative estimate of drug-likeness (QED) is 0.822. The maximum Gasteiger partial charge on any atom is 0.0654 e. The number of hydrogen-bond donors (Lipinski definition) is 1. The molecule has 2 rings (SSSR count). The van der Waals surface area contributed by atoms with Crippen LogP contribution in [0.25, 0.3) is 0 Å². The van der Waals surface area contributed by atoms with Gasteiger partial charge in [-0.25, -0.2) is 0 Å². The van der Waals surface area contributed by atoms with Crippen molar-refractivity contribution >= 4 is 23.2 Å². The molecule has 0 amide bonds. The van der Waals surface area contributed by atoms with Gasteiger partial charge in [-0.15, -0.1) is 0 Å². The Morgan fingerprint density at radius 1 is 1.07 bits per heavy atom. The fraction of sp³-hybridized carbons (Fsp3) is 0.545. The predicted molar refractivity (Wildman–Crippen MR) is 63.2 cm³/mol. The first-order chi connectivity index (χ1) is 7.13. The molecule has 4 heteroatoms. The van der Waals surface area contributed by atoms with Crippen molar-refractivity contribution in [3.63, 3.8) is 0 Å². The van der Waals surface area contributed by atoms with E-state index in [9.17, 15) is 0 Å². The normalized spacial score (nSPS) is 20.2. The van der Waals surface area contributed by atoms with Crippen LogP contribution in [0, 0.1) is 0 Å². The second kappa shape index (κ2) is 4.28. The van der Waals surface area contributed by atoms with Gasteiger partial charge in [0.05, 0.1) is 10.0 Å². The van der Waals surface area contributed by atoms with Gasteiger partial charge in [-0.2, -0.15) is 0 Å². The molecule has 82 valence electrons. The van der Waals surface area contributed by atoms with Crippen LogP contribution in [0.15, 0.2) is 12.4 Å². The van der Waals surface area contributed by atoms with Crippen LogP contribution in [-0.4, -0.2) is 4.98 Å². The SMILES string of the molecule is NC1(c2c(Cl)cncc2Cl)CCCCC1. The Labute approximate surface area is 99.8 Å². The zero-order chi connectivity index (χ0) is 10.9. The van der Waals surface area contributed by atoms with E-state index in [1.807, 2.05) is 0 Å². The molecule has 15 heavy (non-hydrogen) atoms. The third kappa shape index (κ3) is 2.12. The Kier molecular flexibility index (Phi) is 3.19. The molecule has 1 aromatic rings. The lowest BCUT2D eigenvalue weighted by Crippen LogP contribution is -2.39. The van der Waals surface area contributed by atoms with Gasteiger partial charge in [0, 0.05) is 23.5 Å². The van der Waals surface area contributed by atoms with Crippen LogP contribution in [0.3, 0.4) is 0 Å². The van der Waals surface area contributed by atoms with Crippen LogP contribution in [0.5, 0.6) is 0 Å². The molecule has 0 bridgehead atoms. The number of pyridine rings is 1. The molecule has 0 saturated heterocycles. The molecule has 0 aromatic carbocycles. The second-order valence-corrected chi connectivity index (χ2v) is 5.01. The van der Waals surface area contributed by atoms with E-state index >= 15 is 0 Å². The number of halogens is 2. The summed E-state index contributed by atoms with van der Waals surface area (Å²) < 4.78 is 0. The van der Waals surface area contributed by atoms with Crippen LogP contribution in [0.1, 0.15) is 37.7 Å². The minimum absolute atomic E-state index is 0.352. The molecule has 1 heterocycles. The minimum atomic E-state index is -0.352. The second-order valence-electron chi connectivity index (χ2n) is 4.19. The standard InChI is InChI=1S/C11H14Cl2N2/c12-8-6-15-7-9(13)10(8)11(14)4-2-1-3-5-11/h6-7H,1-5,14H2. The third-order valence-electron chi connectivity index (χ3n) is 3.10. The minimum Gasteiger partial charge on any atom is -0.321 e. The molecule has 0 unspecified atom stereocenters. The van der Waals surface area contributed by atoms with Crippen molar-refractivity contribution < 1.29 is 0 Å². The van der Waals surface area contributed by atoms with Crippen LogP contribution >= 0.6 is 23.2 Å². The highest BCUT2D eigenvalue weighted by Gasteiger charge is 2.33. The number of rotatable bonds is 1. The molecule has 0 spiro atoms. The lowest BCUT2D eigenvalue weighted by molar-refractivity contribution is 0.302. The summed E-state index contributed by atoms with van der Waals surface area (Å²) in [4.78, 5) is 3.95. The van der Waals surface area contributed by atoms with E-state index in [0.29, 0.717) is 10.0 Å². The Morgan fingerprint density at radius 3 is 2.13 bits per heavy atom. The van der Waals surface area contributed by atoms with E-state index < -0.39 is 0 Å². The number of hydrogen-bond acceptors (Lipinski definition) is 2. The van der Waals surface area contributed by atoms with Crippen molar-refractivity contribution in [1.82, 2.24) is 4.98 Å². The van der Waals surface area contributed by atoms with E-state index in [1.165, 1.54) is 6.42 Å². The van der Waals surface area contributed by atoms with E-state index in [1.54, 1.807) is 12.4 Å². The topological polar surface area (TPSA) is 38.9 Å². The Bertz CT molecular complexity index is 339. The van der Waals surface area contributed by atoms with E-state index in [4.69, 9.17) is 28.9 Å². The summed E-state index contributed by atoms with van der Waals surface area (Å²) in [5, 5.41) is 1.18. The van der Waals surface area contributed by atoms with E-state index in [2.05, 4.69) is 4.98 Å². The lowest BCUT2D eigenvalue weighted by atomic mass is 9.78. The smallest absolute Gasteiger partial charge is 0.0654 e. The molecular formula is C11H14Cl2N2. The molecule has 1 saturated carbocycles. The highest BCUT2D eigenvalue weighted by Crippen LogP contribution is 2.40. The van der Waals surface area contributed by atoms with Crippen molar-refractivity contribution in [3.8, 4) is 0 Å². The van der Waals surface area contributed by atoms with Crippen LogP contribution in [0.2, 0.25) is 10.0 Å². The zero-order valence-electron chi connectivity index (χ0n) is 8.47. The summed E-state index contributed by atoms with van der Waals surface area (Å²) in [6.07, 6.45) is 8.68. The first-order valence-corrected chi connectivity index (χ1v) is 5.97. The van der Waals surface area contributed by atoms with Gasteiger partial charge in [0.1, 0.15) is 0 Å². The number of nitrogens with zero attached hydrogens (tertiary/aromatic N) is 1. The summed E-state index contributed by atoms with van der Waals surface area (Å²) in [7, 11) is 0. The molecule has 1 aromatic heterocycles. The van der Waals surface area contributed by atoms with Gasteiger partial charge in [0.15, 0.2) is 0 Å². The first-order valence-electron chi connectivity index (χ1n) is 5.22. The van der Waals surface area contributed by atoms with Gasteiger partial charge >= 0.3 is 0 Å². The summed E-state index contributed by atoms with van der Waals surface area (Å²) >= 11 is 12.3. The van der Waals surface area contributed by atoms with E-state index in [0.717, 1.165) is 31.2 Å². The van der Waals surface area contributed by atoms with Crippen LogP contribution in [0.4, 0.5) is 0 Å². The maximum atomic E-state index is 6.39. The molecule has 2 nitrogen and oxygen atoms in total. The van der Waals surface area contributed by atoms with Gasteiger partial charge in [-0.1, -0.05) is 42.5 Å². The lowest BCUT2D eigenvalue weighted by Gasteiger charge is -2.35. The summed E-state index contributed by atoms with van der Waals surface area (Å²) in [6, 6.07) is 0. The van der Waals surface area contributed by atoms with Gasteiger partial charge < -0.3 is 5.73 Å². The summed E-state index contributed by atoms with van der Waals surface area (Å²) in [5.41, 5.74) is 6.91. The third-order valence-corrected chi connectivity index (χ3v) is 3.67. The van der Waals surface area contributed by atoms with Gasteiger partial charge in [0.2, 0.25) is 0 Å². The summed E-state index contributed by atoms with van der Waals surface area (Å²) in [6.45, 7) is 0. The molecular weight excluding hydrogens is 231 g/mol. The van der Waals surface area contributed by atoms with Gasteiger partial charge in [-0.05, 0) is 12.8 Å². The zero-order valence-corrected chi connectivity index (χ0v) is 9.98. The van der Waals surface area contributed by atoms with Crippen molar-refractivity contribution in [3.05, 3.63) is 28.0 Å². The van der Waals surface area contributed by atoms with Crippen LogP contribution in [-0.2, 0) is 5.54 Å². The van der Waals surface area contributed by atoms with Crippen molar-refractivity contribution in [1.29, 1.82) is 0 Å². The Hall–Kier alpha value is -0.310. The van der Waals surface area contributed by atoms with Crippen molar-refractivity contribution in [2.75, 3.05) is 0 Å². The highest BCUT2D eigenvalue weighted by molar-refractivity contribution is 6.35. The number of aromatic nitrogens is 1. The van der Waals surface area contributed by atoms with Crippen LogP contribution < -0.4 is 5.73 Å². The molecule has 0 aliphatic heterocycles. The average Bonchev–Trinajstić information content (AvgIpc) is 2.18. The fourth-order valence-corrected chi connectivity index (χ4v) is 3.06. The average molecular weight is 245 g/mol. The van der Waals surface area contributed by atoms with Gasteiger partial charge in [0.25, 0.3) is 0 Å². The van der Waals surface area contributed by atoms with E-state index in [-0.39, 0.29) is 5.54 Å². The maximum absolute atomic E-state index is 6.39. The molecule has 1 aliphatic rings. The Balaban J connectivity index is 2.42. The summed E-state index contributed by atoms with van der Waals surface area (Å²) in [5.74, 6) is 0. The molecule has 0 radical (unpaired) electrons. The fourth-order valence-electron chi connectivity index (χ4n) is 2.32. The highest BCUT2D eigenvalue weighted by atomic mass is 35.5.